The van der Waals surface area contributed by atoms with Crippen LogP contribution in [0.3, 0.4) is 0 Å². The van der Waals surface area contributed by atoms with E-state index in [0.29, 0.717) is 39.5 Å². The van der Waals surface area contributed by atoms with E-state index in [9.17, 15) is 10.1 Å². The quantitative estimate of drug-likeness (QED) is 0.140. The maximum absolute atomic E-state index is 12.9. The van der Waals surface area contributed by atoms with Crippen LogP contribution in [0.15, 0.2) is 84.3 Å². The molecule has 224 valence electrons. The molecule has 0 saturated carbocycles. The van der Waals surface area contributed by atoms with E-state index in [4.69, 9.17) is 71.1 Å². The Bertz CT molecular complexity index is 1780. The topological polar surface area (TPSA) is 104 Å². The van der Waals surface area contributed by atoms with Gasteiger partial charge >= 0.3 is 5.97 Å². The first kappa shape index (κ1) is 31.4. The van der Waals surface area contributed by atoms with Gasteiger partial charge in [-0.3, -0.25) is 0 Å². The smallest absolute Gasteiger partial charge is 0.343 e. The number of fused-ring (bicyclic) bond motifs is 1. The van der Waals surface area contributed by atoms with Crippen LogP contribution in [-0.2, 0) is 6.61 Å². The van der Waals surface area contributed by atoms with Gasteiger partial charge in [-0.15, -0.1) is 0 Å². The molecule has 1 unspecified atom stereocenters. The van der Waals surface area contributed by atoms with Gasteiger partial charge in [0.05, 0.1) is 28.1 Å². The summed E-state index contributed by atoms with van der Waals surface area (Å²) in [6, 6.07) is 22.4. The number of halogens is 4. The zero-order valence-electron chi connectivity index (χ0n) is 23.2. The Morgan fingerprint density at radius 3 is 2.27 bits per heavy atom. The van der Waals surface area contributed by atoms with Crippen LogP contribution < -0.4 is 24.7 Å². The van der Waals surface area contributed by atoms with Crippen molar-refractivity contribution in [1.82, 2.24) is 0 Å². The van der Waals surface area contributed by atoms with E-state index < -0.39 is 11.9 Å². The molecule has 1 aliphatic heterocycles. The molecule has 4 aromatic rings. The van der Waals surface area contributed by atoms with E-state index in [1.165, 1.54) is 18.2 Å². The summed E-state index contributed by atoms with van der Waals surface area (Å²) in [6.45, 7) is 2.64. The van der Waals surface area contributed by atoms with Gasteiger partial charge in [-0.1, -0.05) is 77.6 Å². The molecule has 0 aliphatic carbocycles. The molecule has 0 bridgehead atoms. The first-order chi connectivity index (χ1) is 21.2. The summed E-state index contributed by atoms with van der Waals surface area (Å²) < 4.78 is 22.8. The highest BCUT2D eigenvalue weighted by Crippen LogP contribution is 2.44. The molecule has 4 aromatic carbocycles. The van der Waals surface area contributed by atoms with E-state index in [0.717, 1.165) is 17.5 Å². The fourth-order valence-electron chi connectivity index (χ4n) is 4.58. The molecule has 1 aliphatic rings. The Morgan fingerprint density at radius 2 is 1.61 bits per heavy atom. The molecule has 0 amide bonds. The van der Waals surface area contributed by atoms with Crippen LogP contribution in [0, 0.1) is 11.3 Å². The second-order valence-corrected chi connectivity index (χ2v) is 11.4. The van der Waals surface area contributed by atoms with Crippen molar-refractivity contribution in [3.8, 4) is 29.1 Å². The number of allylic oxidation sites excluding steroid dienone is 1. The van der Waals surface area contributed by atoms with Crippen LogP contribution in [-0.4, -0.2) is 12.6 Å². The molecule has 1 atom stereocenters. The van der Waals surface area contributed by atoms with Crippen molar-refractivity contribution in [1.29, 1.82) is 5.26 Å². The van der Waals surface area contributed by atoms with Crippen LogP contribution in [0.2, 0.25) is 20.1 Å². The standard InChI is InChI=1S/C33H24Cl4N2O5/c1-2-11-41-31-27(36)12-20(13-28(31)37)33(40)43-23-9-10-24-29(15-23)44-32(39)25(16-38)30(24)18-4-7-22(8-5-18)42-17-19-3-6-21(34)14-26(19)35/h3-10,12-15,30H,2,11,17,39H2,1H3. The number of benzene rings is 4. The third kappa shape index (κ3) is 6.85. The summed E-state index contributed by atoms with van der Waals surface area (Å²) in [5.41, 5.74) is 8.80. The second kappa shape index (κ2) is 13.7. The summed E-state index contributed by atoms with van der Waals surface area (Å²) in [6.07, 6.45) is 0.772. The molecule has 0 radical (unpaired) electrons. The number of hydrogen-bond acceptors (Lipinski definition) is 7. The van der Waals surface area contributed by atoms with Gasteiger partial charge in [-0.2, -0.15) is 5.26 Å². The van der Waals surface area contributed by atoms with Crippen LogP contribution in [0.4, 0.5) is 0 Å². The van der Waals surface area contributed by atoms with E-state index >= 15 is 0 Å². The molecule has 11 heteroatoms. The van der Waals surface area contributed by atoms with Gasteiger partial charge in [-0.25, -0.2) is 4.79 Å². The molecule has 5 rings (SSSR count). The molecular weight excluding hydrogens is 646 g/mol. The first-order valence-electron chi connectivity index (χ1n) is 13.4. The Labute approximate surface area is 274 Å². The summed E-state index contributed by atoms with van der Waals surface area (Å²) in [7, 11) is 0. The van der Waals surface area contributed by atoms with Crippen LogP contribution >= 0.6 is 46.4 Å². The maximum Gasteiger partial charge on any atom is 0.343 e. The van der Waals surface area contributed by atoms with Gasteiger partial charge in [0.2, 0.25) is 5.88 Å². The average Bonchev–Trinajstić information content (AvgIpc) is 2.99. The number of ether oxygens (including phenoxy) is 4. The first-order valence-corrected chi connectivity index (χ1v) is 14.9. The molecular formula is C33H24Cl4N2O5. The molecule has 0 fully saturated rings. The van der Waals surface area contributed by atoms with Crippen LogP contribution in [0.1, 0.15) is 46.3 Å². The lowest BCUT2D eigenvalue weighted by Gasteiger charge is -2.27. The summed E-state index contributed by atoms with van der Waals surface area (Å²) in [5, 5.41) is 11.4. The van der Waals surface area contributed by atoms with Crippen molar-refractivity contribution in [2.75, 3.05) is 6.61 Å². The normalized spacial score (nSPS) is 13.9. The van der Waals surface area contributed by atoms with Crippen molar-refractivity contribution >= 4 is 52.4 Å². The Balaban J connectivity index is 1.35. The fourth-order valence-corrected chi connectivity index (χ4v) is 5.64. The van der Waals surface area contributed by atoms with Gasteiger partial charge in [-0.05, 0) is 54.4 Å². The summed E-state index contributed by atoms with van der Waals surface area (Å²) in [4.78, 5) is 12.9. The van der Waals surface area contributed by atoms with E-state index in [2.05, 4.69) is 6.07 Å². The Morgan fingerprint density at radius 1 is 0.909 bits per heavy atom. The largest absolute Gasteiger partial charge is 0.490 e. The van der Waals surface area contributed by atoms with Gasteiger partial charge in [0, 0.05) is 27.2 Å². The van der Waals surface area contributed by atoms with Crippen LogP contribution in [0.5, 0.6) is 23.0 Å². The van der Waals surface area contributed by atoms with Crippen LogP contribution in [0.25, 0.3) is 0 Å². The zero-order valence-corrected chi connectivity index (χ0v) is 26.2. The number of nitriles is 1. The number of esters is 1. The predicted molar refractivity (Wildman–Crippen MR) is 170 cm³/mol. The number of hydrogen-bond donors (Lipinski definition) is 1. The van der Waals surface area contributed by atoms with Gasteiger partial charge in [0.25, 0.3) is 0 Å². The van der Waals surface area contributed by atoms with E-state index in [-0.39, 0.29) is 39.4 Å². The lowest BCUT2D eigenvalue weighted by Crippen LogP contribution is -2.21. The van der Waals surface area contributed by atoms with Crippen molar-refractivity contribution < 1.29 is 23.7 Å². The highest BCUT2D eigenvalue weighted by atomic mass is 35.5. The summed E-state index contributed by atoms with van der Waals surface area (Å²) >= 11 is 24.8. The van der Waals surface area contributed by atoms with E-state index in [1.807, 2.05) is 19.1 Å². The highest BCUT2D eigenvalue weighted by molar-refractivity contribution is 6.37. The number of carbonyl (C=O) groups excluding carboxylic acids is 1. The second-order valence-electron chi connectivity index (χ2n) is 9.72. The van der Waals surface area contributed by atoms with Crippen molar-refractivity contribution in [3.63, 3.8) is 0 Å². The van der Waals surface area contributed by atoms with Gasteiger partial charge in [0.1, 0.15) is 35.5 Å². The molecule has 0 spiro atoms. The minimum absolute atomic E-state index is 0.0487. The van der Waals surface area contributed by atoms with Gasteiger partial charge < -0.3 is 24.7 Å². The minimum Gasteiger partial charge on any atom is -0.490 e. The highest BCUT2D eigenvalue weighted by Gasteiger charge is 2.31. The molecule has 44 heavy (non-hydrogen) atoms. The number of carbonyl (C=O) groups is 1. The predicted octanol–water partition coefficient (Wildman–Crippen LogP) is 9.11. The Hall–Kier alpha value is -4.06. The fraction of sp³-hybridized carbons (Fsp3) is 0.152. The monoisotopic (exact) mass is 668 g/mol. The van der Waals surface area contributed by atoms with Crippen molar-refractivity contribution in [2.24, 2.45) is 5.73 Å². The van der Waals surface area contributed by atoms with Crippen molar-refractivity contribution in [2.45, 2.75) is 25.9 Å². The zero-order chi connectivity index (χ0) is 31.4. The minimum atomic E-state index is -0.681. The third-order valence-corrected chi connectivity index (χ3v) is 7.86. The number of rotatable bonds is 9. The maximum atomic E-state index is 12.9. The average molecular weight is 670 g/mol. The molecule has 1 heterocycles. The molecule has 7 nitrogen and oxygen atoms in total. The Kier molecular flexibility index (Phi) is 9.77. The third-order valence-electron chi connectivity index (χ3n) is 6.71. The molecule has 0 saturated heterocycles. The lowest BCUT2D eigenvalue weighted by atomic mass is 9.83. The SMILES string of the molecule is CCCOc1c(Cl)cc(C(=O)Oc2ccc3c(c2)OC(N)=C(C#N)C3c2ccc(OCc3ccc(Cl)cc3Cl)cc2)cc1Cl. The number of nitrogens with zero attached hydrogens (tertiary/aromatic N) is 1. The summed E-state index contributed by atoms with van der Waals surface area (Å²) in [5.74, 6) is 0.197. The molecule has 0 aromatic heterocycles. The van der Waals surface area contributed by atoms with E-state index in [1.54, 1.807) is 42.5 Å². The van der Waals surface area contributed by atoms with Gasteiger partial charge in [0.15, 0.2) is 5.75 Å². The lowest BCUT2D eigenvalue weighted by molar-refractivity contribution is 0.0734. The molecule has 2 N–H and O–H groups in total. The number of nitrogens with two attached hydrogens (primary N) is 1. The van der Waals surface area contributed by atoms with Crippen molar-refractivity contribution in [3.05, 3.63) is 127 Å².